The number of para-hydroxylation sites is 1. The van der Waals surface area contributed by atoms with E-state index in [1.54, 1.807) is 29.0 Å². The Morgan fingerprint density at radius 2 is 1.88 bits per heavy atom. The SMILES string of the molecule is CN(Cc1ccc2c(c1)OCCO2)C(=O)c1cnn(-c2ccccc2)c1. The van der Waals surface area contributed by atoms with Crippen molar-refractivity contribution in [2.75, 3.05) is 20.3 Å². The molecule has 132 valence electrons. The van der Waals surface area contributed by atoms with Gasteiger partial charge in [-0.2, -0.15) is 5.10 Å². The first kappa shape index (κ1) is 16.2. The van der Waals surface area contributed by atoms with Crippen molar-refractivity contribution in [2.45, 2.75) is 6.54 Å². The van der Waals surface area contributed by atoms with Gasteiger partial charge in [-0.25, -0.2) is 4.68 Å². The fraction of sp³-hybridized carbons (Fsp3) is 0.200. The summed E-state index contributed by atoms with van der Waals surface area (Å²) < 4.78 is 12.8. The highest BCUT2D eigenvalue weighted by molar-refractivity contribution is 5.93. The molecule has 3 aromatic rings. The number of fused-ring (bicyclic) bond motifs is 1. The zero-order valence-corrected chi connectivity index (χ0v) is 14.5. The van der Waals surface area contributed by atoms with E-state index in [9.17, 15) is 4.79 Å². The van der Waals surface area contributed by atoms with Gasteiger partial charge in [-0.15, -0.1) is 0 Å². The second-order valence-electron chi connectivity index (χ2n) is 6.15. The van der Waals surface area contributed by atoms with Crippen LogP contribution in [-0.2, 0) is 6.54 Å². The third kappa shape index (κ3) is 3.26. The number of rotatable bonds is 4. The van der Waals surface area contributed by atoms with E-state index in [0.29, 0.717) is 25.3 Å². The van der Waals surface area contributed by atoms with E-state index in [-0.39, 0.29) is 5.91 Å². The van der Waals surface area contributed by atoms with Gasteiger partial charge in [0.15, 0.2) is 11.5 Å². The predicted molar refractivity (Wildman–Crippen MR) is 96.8 cm³/mol. The molecule has 0 radical (unpaired) electrons. The Hall–Kier alpha value is -3.28. The van der Waals surface area contributed by atoms with Gasteiger partial charge in [-0.3, -0.25) is 4.79 Å². The molecule has 1 amide bonds. The lowest BCUT2D eigenvalue weighted by Gasteiger charge is -2.21. The summed E-state index contributed by atoms with van der Waals surface area (Å²) in [5.41, 5.74) is 2.45. The minimum absolute atomic E-state index is 0.0814. The van der Waals surface area contributed by atoms with Gasteiger partial charge in [0.1, 0.15) is 13.2 Å². The fourth-order valence-electron chi connectivity index (χ4n) is 2.91. The maximum Gasteiger partial charge on any atom is 0.257 e. The van der Waals surface area contributed by atoms with E-state index in [1.807, 2.05) is 48.5 Å². The molecule has 6 nitrogen and oxygen atoms in total. The van der Waals surface area contributed by atoms with Crippen LogP contribution in [0.1, 0.15) is 15.9 Å². The summed E-state index contributed by atoms with van der Waals surface area (Å²) in [6.45, 7) is 1.59. The van der Waals surface area contributed by atoms with E-state index in [4.69, 9.17) is 9.47 Å². The summed E-state index contributed by atoms with van der Waals surface area (Å²) in [7, 11) is 1.78. The first-order chi connectivity index (χ1) is 12.7. The number of benzene rings is 2. The number of carbonyl (C=O) groups is 1. The van der Waals surface area contributed by atoms with E-state index in [1.165, 1.54) is 0 Å². The van der Waals surface area contributed by atoms with Gasteiger partial charge in [-0.05, 0) is 29.8 Å². The summed E-state index contributed by atoms with van der Waals surface area (Å²) in [6, 6.07) is 15.5. The van der Waals surface area contributed by atoms with E-state index in [2.05, 4.69) is 5.10 Å². The summed E-state index contributed by atoms with van der Waals surface area (Å²) in [6.07, 6.45) is 3.34. The Morgan fingerprint density at radius 1 is 1.12 bits per heavy atom. The van der Waals surface area contributed by atoms with Crippen molar-refractivity contribution in [2.24, 2.45) is 0 Å². The van der Waals surface area contributed by atoms with Crippen molar-refractivity contribution in [3.63, 3.8) is 0 Å². The number of amides is 1. The van der Waals surface area contributed by atoms with Gasteiger partial charge in [0, 0.05) is 19.8 Å². The van der Waals surface area contributed by atoms with Crippen molar-refractivity contribution in [1.82, 2.24) is 14.7 Å². The van der Waals surface area contributed by atoms with E-state index in [0.717, 1.165) is 22.7 Å². The third-order valence-corrected chi connectivity index (χ3v) is 4.22. The fourth-order valence-corrected chi connectivity index (χ4v) is 2.91. The maximum atomic E-state index is 12.7. The summed E-state index contributed by atoms with van der Waals surface area (Å²) in [5.74, 6) is 1.40. The molecule has 1 aliphatic heterocycles. The van der Waals surface area contributed by atoms with Crippen molar-refractivity contribution < 1.29 is 14.3 Å². The molecule has 0 saturated heterocycles. The molecule has 1 aromatic heterocycles. The second-order valence-corrected chi connectivity index (χ2v) is 6.15. The molecule has 2 heterocycles. The van der Waals surface area contributed by atoms with Crippen LogP contribution in [0.3, 0.4) is 0 Å². The molecule has 2 aromatic carbocycles. The second kappa shape index (κ2) is 6.92. The zero-order chi connectivity index (χ0) is 17.9. The molecule has 0 unspecified atom stereocenters. The molecule has 4 rings (SSSR count). The molecule has 0 N–H and O–H groups in total. The van der Waals surface area contributed by atoms with Gasteiger partial charge >= 0.3 is 0 Å². The van der Waals surface area contributed by atoms with Crippen LogP contribution in [0.5, 0.6) is 11.5 Å². The van der Waals surface area contributed by atoms with Gasteiger partial charge < -0.3 is 14.4 Å². The summed E-state index contributed by atoms with van der Waals surface area (Å²) in [4.78, 5) is 14.4. The Kier molecular flexibility index (Phi) is 4.31. The first-order valence-corrected chi connectivity index (χ1v) is 8.45. The first-order valence-electron chi connectivity index (χ1n) is 8.45. The van der Waals surface area contributed by atoms with E-state index < -0.39 is 0 Å². The number of nitrogens with zero attached hydrogens (tertiary/aromatic N) is 3. The Bertz CT molecular complexity index is 921. The number of hydrogen-bond donors (Lipinski definition) is 0. The Morgan fingerprint density at radius 3 is 2.69 bits per heavy atom. The van der Waals surface area contributed by atoms with Crippen LogP contribution >= 0.6 is 0 Å². The minimum Gasteiger partial charge on any atom is -0.486 e. The van der Waals surface area contributed by atoms with Crippen LogP contribution in [0.4, 0.5) is 0 Å². The average Bonchev–Trinajstić information content (AvgIpc) is 3.18. The molecule has 0 spiro atoms. The molecule has 0 bridgehead atoms. The third-order valence-electron chi connectivity index (χ3n) is 4.22. The van der Waals surface area contributed by atoms with Gasteiger partial charge in [0.05, 0.1) is 17.4 Å². The number of hydrogen-bond acceptors (Lipinski definition) is 4. The lowest BCUT2D eigenvalue weighted by Crippen LogP contribution is -2.26. The van der Waals surface area contributed by atoms with Gasteiger partial charge in [0.25, 0.3) is 5.91 Å². The van der Waals surface area contributed by atoms with Gasteiger partial charge in [0.2, 0.25) is 0 Å². The summed E-state index contributed by atoms with van der Waals surface area (Å²) in [5, 5.41) is 4.29. The molecule has 0 aliphatic carbocycles. The standard InChI is InChI=1S/C20H19N3O3/c1-22(13-15-7-8-18-19(11-15)26-10-9-25-18)20(24)16-12-21-23(14-16)17-5-3-2-4-6-17/h2-8,11-12,14H,9-10,13H2,1H3. The molecule has 0 saturated carbocycles. The minimum atomic E-state index is -0.0814. The smallest absolute Gasteiger partial charge is 0.257 e. The van der Waals surface area contributed by atoms with Crippen LogP contribution in [-0.4, -0.2) is 40.8 Å². The van der Waals surface area contributed by atoms with Crippen molar-refractivity contribution in [3.05, 3.63) is 72.1 Å². The number of ether oxygens (including phenoxy) is 2. The van der Waals surface area contributed by atoms with Crippen LogP contribution in [0, 0.1) is 0 Å². The monoisotopic (exact) mass is 349 g/mol. The van der Waals surface area contributed by atoms with E-state index >= 15 is 0 Å². The van der Waals surface area contributed by atoms with Gasteiger partial charge in [-0.1, -0.05) is 24.3 Å². The lowest BCUT2D eigenvalue weighted by molar-refractivity contribution is 0.0784. The van der Waals surface area contributed by atoms with Crippen molar-refractivity contribution in [3.8, 4) is 17.2 Å². The molecule has 6 heteroatoms. The Balaban J connectivity index is 1.47. The van der Waals surface area contributed by atoms with Crippen LogP contribution in [0.2, 0.25) is 0 Å². The van der Waals surface area contributed by atoms with Crippen LogP contribution < -0.4 is 9.47 Å². The van der Waals surface area contributed by atoms with Crippen molar-refractivity contribution in [1.29, 1.82) is 0 Å². The molecule has 0 atom stereocenters. The molecular formula is C20H19N3O3. The lowest BCUT2D eigenvalue weighted by atomic mass is 10.1. The number of carbonyl (C=O) groups excluding carboxylic acids is 1. The maximum absolute atomic E-state index is 12.7. The molecule has 0 fully saturated rings. The average molecular weight is 349 g/mol. The topological polar surface area (TPSA) is 56.6 Å². The predicted octanol–water partition coefficient (Wildman–Crippen LogP) is 2.92. The highest BCUT2D eigenvalue weighted by Gasteiger charge is 2.17. The van der Waals surface area contributed by atoms with Crippen LogP contribution in [0.25, 0.3) is 5.69 Å². The summed E-state index contributed by atoms with van der Waals surface area (Å²) >= 11 is 0. The zero-order valence-electron chi connectivity index (χ0n) is 14.5. The highest BCUT2D eigenvalue weighted by Crippen LogP contribution is 2.31. The Labute approximate surface area is 151 Å². The number of aromatic nitrogens is 2. The van der Waals surface area contributed by atoms with Crippen LogP contribution in [0.15, 0.2) is 60.9 Å². The van der Waals surface area contributed by atoms with Crippen molar-refractivity contribution >= 4 is 5.91 Å². The highest BCUT2D eigenvalue weighted by atomic mass is 16.6. The normalized spacial score (nSPS) is 12.7. The molecule has 1 aliphatic rings. The quantitative estimate of drug-likeness (QED) is 0.727. The molecule has 26 heavy (non-hydrogen) atoms. The molecular weight excluding hydrogens is 330 g/mol. The largest absolute Gasteiger partial charge is 0.486 e.